The standard InChI is InChI=1S/C13H16F4N2/c1-2-10(19-5-3-18-4-6-19)11-12(16)8(14)7-9(15)13(11)17/h7,10,18H,2-6H2,1H3/t10-/m1/s1. The van der Waals surface area contributed by atoms with Crippen LogP contribution in [0.4, 0.5) is 17.6 Å². The number of hydrogen-bond acceptors (Lipinski definition) is 2. The highest BCUT2D eigenvalue weighted by molar-refractivity contribution is 5.26. The fourth-order valence-corrected chi connectivity index (χ4v) is 2.52. The van der Waals surface area contributed by atoms with Gasteiger partial charge >= 0.3 is 0 Å². The van der Waals surface area contributed by atoms with Crippen LogP contribution in [0.5, 0.6) is 0 Å². The van der Waals surface area contributed by atoms with Crippen LogP contribution in [0, 0.1) is 23.3 Å². The Kier molecular flexibility index (Phi) is 4.42. The van der Waals surface area contributed by atoms with E-state index in [1.807, 2.05) is 4.90 Å². The molecule has 1 fully saturated rings. The van der Waals surface area contributed by atoms with Gasteiger partial charge in [0.15, 0.2) is 23.3 Å². The van der Waals surface area contributed by atoms with Gasteiger partial charge in [0, 0.05) is 43.9 Å². The molecule has 1 atom stereocenters. The van der Waals surface area contributed by atoms with Crippen molar-refractivity contribution in [2.45, 2.75) is 19.4 Å². The largest absolute Gasteiger partial charge is 0.314 e. The Bertz CT molecular complexity index is 432. The molecule has 0 amide bonds. The van der Waals surface area contributed by atoms with E-state index in [9.17, 15) is 17.6 Å². The molecule has 1 heterocycles. The van der Waals surface area contributed by atoms with Crippen molar-refractivity contribution < 1.29 is 17.6 Å². The summed E-state index contributed by atoms with van der Waals surface area (Å²) in [5.41, 5.74) is -0.498. The van der Waals surface area contributed by atoms with E-state index < -0.39 is 34.9 Å². The third-order valence-electron chi connectivity index (χ3n) is 3.46. The summed E-state index contributed by atoms with van der Waals surface area (Å²) in [6, 6.07) is -0.397. The van der Waals surface area contributed by atoms with Crippen molar-refractivity contribution in [3.8, 4) is 0 Å². The van der Waals surface area contributed by atoms with Crippen molar-refractivity contribution in [3.63, 3.8) is 0 Å². The summed E-state index contributed by atoms with van der Waals surface area (Å²) in [6.07, 6.45) is 0.386. The minimum Gasteiger partial charge on any atom is -0.314 e. The number of hydrogen-bond donors (Lipinski definition) is 1. The molecule has 2 rings (SSSR count). The summed E-state index contributed by atoms with van der Waals surface area (Å²) in [5.74, 6) is -5.27. The van der Waals surface area contributed by atoms with Gasteiger partial charge in [-0.15, -0.1) is 0 Å². The van der Waals surface area contributed by atoms with Crippen molar-refractivity contribution in [1.82, 2.24) is 10.2 Å². The molecule has 1 aromatic carbocycles. The fraction of sp³-hybridized carbons (Fsp3) is 0.538. The molecule has 0 radical (unpaired) electrons. The van der Waals surface area contributed by atoms with E-state index in [4.69, 9.17) is 0 Å². The van der Waals surface area contributed by atoms with E-state index in [0.29, 0.717) is 32.6 Å². The molecule has 1 saturated heterocycles. The zero-order valence-corrected chi connectivity index (χ0v) is 10.6. The number of piperazine rings is 1. The third kappa shape index (κ3) is 2.74. The van der Waals surface area contributed by atoms with Crippen LogP contribution in [-0.2, 0) is 0 Å². The average molecular weight is 276 g/mol. The zero-order valence-electron chi connectivity index (χ0n) is 10.6. The summed E-state index contributed by atoms with van der Waals surface area (Å²) >= 11 is 0. The first-order valence-electron chi connectivity index (χ1n) is 6.34. The predicted octanol–water partition coefficient (Wildman–Crippen LogP) is 2.60. The van der Waals surface area contributed by atoms with Crippen LogP contribution in [-0.4, -0.2) is 31.1 Å². The normalized spacial score (nSPS) is 18.6. The van der Waals surface area contributed by atoms with Crippen LogP contribution in [0.15, 0.2) is 6.07 Å². The molecule has 6 heteroatoms. The fourth-order valence-electron chi connectivity index (χ4n) is 2.52. The Morgan fingerprint density at radius 3 is 2.11 bits per heavy atom. The molecule has 1 aliphatic rings. The van der Waals surface area contributed by atoms with E-state index in [1.54, 1.807) is 6.92 Å². The Balaban J connectivity index is 2.42. The monoisotopic (exact) mass is 276 g/mol. The first-order valence-corrected chi connectivity index (χ1v) is 6.34. The van der Waals surface area contributed by atoms with Gasteiger partial charge in [-0.2, -0.15) is 0 Å². The molecule has 0 spiro atoms. The Hall–Kier alpha value is -1.14. The van der Waals surface area contributed by atoms with Gasteiger partial charge in [-0.3, -0.25) is 4.90 Å². The second-order valence-electron chi connectivity index (χ2n) is 4.59. The van der Waals surface area contributed by atoms with Crippen molar-refractivity contribution in [1.29, 1.82) is 0 Å². The summed E-state index contributed by atoms with van der Waals surface area (Å²) in [7, 11) is 0. The molecular weight excluding hydrogens is 260 g/mol. The lowest BCUT2D eigenvalue weighted by molar-refractivity contribution is 0.161. The molecule has 0 unspecified atom stereocenters. The minimum atomic E-state index is -1.34. The smallest absolute Gasteiger partial charge is 0.166 e. The van der Waals surface area contributed by atoms with Crippen LogP contribution < -0.4 is 5.32 Å². The first kappa shape index (κ1) is 14.3. The van der Waals surface area contributed by atoms with E-state index in [0.717, 1.165) is 0 Å². The van der Waals surface area contributed by atoms with Crippen molar-refractivity contribution >= 4 is 0 Å². The Morgan fingerprint density at radius 1 is 1.11 bits per heavy atom. The maximum Gasteiger partial charge on any atom is 0.166 e. The maximum atomic E-state index is 13.8. The number of rotatable bonds is 3. The average Bonchev–Trinajstić information content (AvgIpc) is 2.42. The second kappa shape index (κ2) is 5.88. The van der Waals surface area contributed by atoms with Crippen LogP contribution in [0.2, 0.25) is 0 Å². The molecule has 0 saturated carbocycles. The number of halogens is 4. The van der Waals surface area contributed by atoms with Crippen LogP contribution in [0.1, 0.15) is 24.9 Å². The van der Waals surface area contributed by atoms with Gasteiger partial charge in [-0.05, 0) is 6.42 Å². The predicted molar refractivity (Wildman–Crippen MR) is 63.7 cm³/mol. The van der Waals surface area contributed by atoms with Crippen molar-refractivity contribution in [2.24, 2.45) is 0 Å². The van der Waals surface area contributed by atoms with Crippen molar-refractivity contribution in [2.75, 3.05) is 26.2 Å². The highest BCUT2D eigenvalue weighted by atomic mass is 19.2. The van der Waals surface area contributed by atoms with E-state index >= 15 is 0 Å². The molecule has 106 valence electrons. The van der Waals surface area contributed by atoms with Crippen LogP contribution in [0.25, 0.3) is 0 Å². The number of nitrogens with one attached hydrogen (secondary N) is 1. The van der Waals surface area contributed by atoms with E-state index in [2.05, 4.69) is 5.32 Å². The number of benzene rings is 1. The van der Waals surface area contributed by atoms with E-state index in [-0.39, 0.29) is 6.07 Å². The van der Waals surface area contributed by atoms with Crippen molar-refractivity contribution in [3.05, 3.63) is 34.9 Å². The van der Waals surface area contributed by atoms with Gasteiger partial charge in [0.05, 0.1) is 0 Å². The third-order valence-corrected chi connectivity index (χ3v) is 3.46. The lowest BCUT2D eigenvalue weighted by Gasteiger charge is -2.35. The summed E-state index contributed by atoms with van der Waals surface area (Å²) in [6.45, 7) is 4.31. The highest BCUT2D eigenvalue weighted by Crippen LogP contribution is 2.31. The van der Waals surface area contributed by atoms with Crippen LogP contribution in [0.3, 0.4) is 0 Å². The quantitative estimate of drug-likeness (QED) is 0.674. The molecule has 1 aliphatic heterocycles. The molecule has 2 nitrogen and oxygen atoms in total. The SMILES string of the molecule is CC[C@H](c1c(F)c(F)cc(F)c1F)N1CCNCC1. The van der Waals surface area contributed by atoms with Gasteiger partial charge in [0.25, 0.3) is 0 Å². The Morgan fingerprint density at radius 2 is 1.63 bits per heavy atom. The zero-order chi connectivity index (χ0) is 14.0. The van der Waals surface area contributed by atoms with Crippen LogP contribution >= 0.6 is 0 Å². The molecule has 0 bridgehead atoms. The summed E-state index contributed by atoms with van der Waals surface area (Å²) in [5, 5.41) is 3.12. The molecule has 0 aliphatic carbocycles. The summed E-state index contributed by atoms with van der Waals surface area (Å²) in [4.78, 5) is 1.84. The van der Waals surface area contributed by atoms with Gasteiger partial charge in [0.1, 0.15) is 0 Å². The molecule has 19 heavy (non-hydrogen) atoms. The van der Waals surface area contributed by atoms with E-state index in [1.165, 1.54) is 0 Å². The topological polar surface area (TPSA) is 15.3 Å². The maximum absolute atomic E-state index is 13.8. The number of nitrogens with zero attached hydrogens (tertiary/aromatic N) is 1. The lowest BCUT2D eigenvalue weighted by atomic mass is 10.00. The minimum absolute atomic E-state index is 0.249. The Labute approximate surface area is 109 Å². The molecular formula is C13H16F4N2. The molecule has 0 aromatic heterocycles. The lowest BCUT2D eigenvalue weighted by Crippen LogP contribution is -2.45. The van der Waals surface area contributed by atoms with Gasteiger partial charge in [-0.25, -0.2) is 17.6 Å². The first-order chi connectivity index (χ1) is 9.06. The molecule has 1 aromatic rings. The highest BCUT2D eigenvalue weighted by Gasteiger charge is 2.29. The molecule has 1 N–H and O–H groups in total. The second-order valence-corrected chi connectivity index (χ2v) is 4.59. The van der Waals surface area contributed by atoms with Gasteiger partial charge in [0.2, 0.25) is 0 Å². The van der Waals surface area contributed by atoms with Gasteiger partial charge in [-0.1, -0.05) is 6.92 Å². The van der Waals surface area contributed by atoms with Gasteiger partial charge < -0.3 is 5.32 Å². The summed E-state index contributed by atoms with van der Waals surface area (Å²) < 4.78 is 54.2.